The van der Waals surface area contributed by atoms with Crippen molar-refractivity contribution in [3.63, 3.8) is 0 Å². The van der Waals surface area contributed by atoms with Crippen LogP contribution in [0.2, 0.25) is 0 Å². The first-order chi connectivity index (χ1) is 18.6. The second kappa shape index (κ2) is 10.8. The molecule has 5 rings (SSSR count). The Morgan fingerprint density at radius 2 is 1.77 bits per heavy atom. The summed E-state index contributed by atoms with van der Waals surface area (Å²) < 4.78 is 52.5. The van der Waals surface area contributed by atoms with Gasteiger partial charge in [-0.2, -0.15) is 9.40 Å². The van der Waals surface area contributed by atoms with E-state index in [1.54, 1.807) is 29.8 Å². The summed E-state index contributed by atoms with van der Waals surface area (Å²) in [5.41, 5.74) is 1.70. The summed E-state index contributed by atoms with van der Waals surface area (Å²) in [6, 6.07) is 13.3. The Labute approximate surface area is 228 Å². The van der Waals surface area contributed by atoms with Crippen molar-refractivity contribution in [3.8, 4) is 5.69 Å². The summed E-state index contributed by atoms with van der Waals surface area (Å²) in [4.78, 5) is 26.6. The molecule has 204 valence electrons. The maximum absolute atomic E-state index is 13.3. The number of aromatic nitrogens is 2. The SMILES string of the molecule is Cc1nn(-c2ccc(F)cc2)c2sc(C(=O)OC(C)C(=O)Nc3ccc(S(=O)(=O)N4CCOCC4)cc3)cc12. The Morgan fingerprint density at radius 3 is 2.44 bits per heavy atom. The minimum Gasteiger partial charge on any atom is -0.448 e. The highest BCUT2D eigenvalue weighted by Crippen LogP contribution is 2.31. The molecule has 0 aliphatic carbocycles. The summed E-state index contributed by atoms with van der Waals surface area (Å²) in [6.07, 6.45) is -1.12. The fourth-order valence-electron chi connectivity index (χ4n) is 4.07. The molecule has 1 fully saturated rings. The summed E-state index contributed by atoms with van der Waals surface area (Å²) >= 11 is 1.16. The van der Waals surface area contributed by atoms with Gasteiger partial charge < -0.3 is 14.8 Å². The number of fused-ring (bicyclic) bond motifs is 1. The molecule has 0 radical (unpaired) electrons. The van der Waals surface area contributed by atoms with Crippen molar-refractivity contribution >= 4 is 49.1 Å². The third-order valence-electron chi connectivity index (χ3n) is 6.20. The number of hydrogen-bond donors (Lipinski definition) is 1. The monoisotopic (exact) mass is 572 g/mol. The van der Waals surface area contributed by atoms with Crippen LogP contribution in [0, 0.1) is 12.7 Å². The molecule has 13 heteroatoms. The molecule has 39 heavy (non-hydrogen) atoms. The molecule has 0 bridgehead atoms. The highest BCUT2D eigenvalue weighted by molar-refractivity contribution is 7.89. The Hall–Kier alpha value is -3.65. The molecule has 1 aliphatic heterocycles. The van der Waals surface area contributed by atoms with Crippen molar-refractivity contribution in [3.05, 3.63) is 71.0 Å². The lowest BCUT2D eigenvalue weighted by Crippen LogP contribution is -2.40. The molecule has 1 N–H and O–H groups in total. The third kappa shape index (κ3) is 5.57. The molecule has 3 heterocycles. The fraction of sp³-hybridized carbons (Fsp3) is 0.269. The number of hydrogen-bond acceptors (Lipinski definition) is 8. The first-order valence-corrected chi connectivity index (χ1v) is 14.3. The fourth-order valence-corrected chi connectivity index (χ4v) is 6.54. The Kier molecular flexibility index (Phi) is 7.49. The van der Waals surface area contributed by atoms with Crippen LogP contribution in [0.25, 0.3) is 15.9 Å². The number of esters is 1. The van der Waals surface area contributed by atoms with Gasteiger partial charge in [0.05, 0.1) is 29.5 Å². The molecule has 1 unspecified atom stereocenters. The van der Waals surface area contributed by atoms with Gasteiger partial charge in [-0.25, -0.2) is 22.3 Å². The second-order valence-electron chi connectivity index (χ2n) is 8.88. The van der Waals surface area contributed by atoms with E-state index in [1.165, 1.54) is 47.6 Å². The Balaban J connectivity index is 1.24. The quantitative estimate of drug-likeness (QED) is 0.335. The Morgan fingerprint density at radius 1 is 1.10 bits per heavy atom. The van der Waals surface area contributed by atoms with Gasteiger partial charge in [0, 0.05) is 24.2 Å². The summed E-state index contributed by atoms with van der Waals surface area (Å²) in [6.45, 7) is 4.51. The number of anilines is 1. The van der Waals surface area contributed by atoms with E-state index in [2.05, 4.69) is 10.4 Å². The van der Waals surface area contributed by atoms with E-state index < -0.39 is 28.0 Å². The van der Waals surface area contributed by atoms with E-state index in [9.17, 15) is 22.4 Å². The number of nitrogens with one attached hydrogen (secondary N) is 1. The molecule has 1 amide bonds. The first-order valence-electron chi connectivity index (χ1n) is 12.1. The standard InChI is InChI=1S/C26H25FN4O6S2/c1-16-22-15-23(38-25(22)31(29-16)20-7-3-18(27)4-8-20)26(33)37-17(2)24(32)28-19-5-9-21(10-6-19)39(34,35)30-11-13-36-14-12-30/h3-10,15,17H,11-14H2,1-2H3,(H,28,32). The van der Waals surface area contributed by atoms with Gasteiger partial charge >= 0.3 is 5.97 Å². The van der Waals surface area contributed by atoms with Crippen molar-refractivity contribution in [2.45, 2.75) is 24.8 Å². The molecule has 1 aliphatic rings. The van der Waals surface area contributed by atoms with Gasteiger partial charge in [-0.05, 0) is 68.4 Å². The largest absolute Gasteiger partial charge is 0.448 e. The van der Waals surface area contributed by atoms with Gasteiger partial charge in [-0.3, -0.25) is 4.79 Å². The molecule has 1 saturated heterocycles. The lowest BCUT2D eigenvalue weighted by molar-refractivity contribution is -0.123. The van der Waals surface area contributed by atoms with Gasteiger partial charge in [0.2, 0.25) is 10.0 Å². The van der Waals surface area contributed by atoms with E-state index in [-0.39, 0.29) is 23.8 Å². The number of ether oxygens (including phenoxy) is 2. The van der Waals surface area contributed by atoms with Gasteiger partial charge in [0.15, 0.2) is 6.10 Å². The molecular formula is C26H25FN4O6S2. The van der Waals surface area contributed by atoms with Gasteiger partial charge in [-0.1, -0.05) is 0 Å². The number of amides is 1. The molecule has 4 aromatic rings. The van der Waals surface area contributed by atoms with E-state index in [0.717, 1.165) is 16.7 Å². The summed E-state index contributed by atoms with van der Waals surface area (Å²) in [5.74, 6) is -1.60. The first kappa shape index (κ1) is 26.9. The lowest BCUT2D eigenvalue weighted by Gasteiger charge is -2.26. The minimum atomic E-state index is -3.65. The average Bonchev–Trinajstić information content (AvgIpc) is 3.50. The maximum Gasteiger partial charge on any atom is 0.349 e. The van der Waals surface area contributed by atoms with Crippen molar-refractivity contribution in [2.75, 3.05) is 31.6 Å². The summed E-state index contributed by atoms with van der Waals surface area (Å²) in [7, 11) is -3.65. The van der Waals surface area contributed by atoms with Crippen LogP contribution in [0.5, 0.6) is 0 Å². The van der Waals surface area contributed by atoms with Crippen LogP contribution >= 0.6 is 11.3 Å². The number of rotatable bonds is 7. The van der Waals surface area contributed by atoms with Crippen LogP contribution in [0.3, 0.4) is 0 Å². The lowest BCUT2D eigenvalue weighted by atomic mass is 10.3. The molecule has 0 spiro atoms. The normalized spacial score (nSPS) is 15.3. The van der Waals surface area contributed by atoms with Crippen molar-refractivity contribution in [1.29, 1.82) is 0 Å². The van der Waals surface area contributed by atoms with Crippen LogP contribution < -0.4 is 5.32 Å². The molecule has 1 atom stereocenters. The highest BCUT2D eigenvalue weighted by Gasteiger charge is 2.27. The van der Waals surface area contributed by atoms with E-state index in [1.807, 2.05) is 0 Å². The number of benzene rings is 2. The molecule has 2 aromatic heterocycles. The van der Waals surface area contributed by atoms with E-state index in [0.29, 0.717) is 40.0 Å². The number of sulfonamides is 1. The number of carbonyl (C=O) groups is 2. The number of aryl methyl sites for hydroxylation is 1. The zero-order valence-electron chi connectivity index (χ0n) is 21.1. The number of carbonyl (C=O) groups excluding carboxylic acids is 2. The number of thiophene rings is 1. The highest BCUT2D eigenvalue weighted by atomic mass is 32.2. The van der Waals surface area contributed by atoms with Crippen LogP contribution in [0.4, 0.5) is 10.1 Å². The molecule has 10 nitrogen and oxygen atoms in total. The Bertz CT molecular complexity index is 1630. The predicted molar refractivity (Wildman–Crippen MR) is 143 cm³/mol. The number of halogens is 1. The van der Waals surface area contributed by atoms with Crippen LogP contribution in [-0.4, -0.2) is 66.8 Å². The molecular weight excluding hydrogens is 547 g/mol. The zero-order valence-corrected chi connectivity index (χ0v) is 22.7. The smallest absolute Gasteiger partial charge is 0.349 e. The van der Waals surface area contributed by atoms with Crippen LogP contribution in [-0.2, 0) is 24.3 Å². The molecule has 0 saturated carbocycles. The van der Waals surface area contributed by atoms with Crippen LogP contribution in [0.1, 0.15) is 22.3 Å². The topological polar surface area (TPSA) is 120 Å². The van der Waals surface area contributed by atoms with Gasteiger partial charge in [0.1, 0.15) is 15.5 Å². The second-order valence-corrected chi connectivity index (χ2v) is 11.8. The zero-order chi connectivity index (χ0) is 27.7. The van der Waals surface area contributed by atoms with E-state index >= 15 is 0 Å². The van der Waals surface area contributed by atoms with Crippen LogP contribution in [0.15, 0.2) is 59.5 Å². The van der Waals surface area contributed by atoms with Crippen molar-refractivity contribution < 1.29 is 31.9 Å². The molecule has 2 aromatic carbocycles. The van der Waals surface area contributed by atoms with E-state index in [4.69, 9.17) is 9.47 Å². The average molecular weight is 573 g/mol. The summed E-state index contributed by atoms with van der Waals surface area (Å²) in [5, 5.41) is 7.86. The third-order valence-corrected chi connectivity index (χ3v) is 9.20. The number of morpholine rings is 1. The number of nitrogens with zero attached hydrogens (tertiary/aromatic N) is 3. The van der Waals surface area contributed by atoms with Gasteiger partial charge in [-0.15, -0.1) is 11.3 Å². The maximum atomic E-state index is 13.3. The van der Waals surface area contributed by atoms with Gasteiger partial charge in [0.25, 0.3) is 5.91 Å². The van der Waals surface area contributed by atoms with Crippen molar-refractivity contribution in [1.82, 2.24) is 14.1 Å². The van der Waals surface area contributed by atoms with Crippen molar-refractivity contribution in [2.24, 2.45) is 0 Å². The minimum absolute atomic E-state index is 0.112. The predicted octanol–water partition coefficient (Wildman–Crippen LogP) is 3.74.